The summed E-state index contributed by atoms with van der Waals surface area (Å²) < 4.78 is 96.5. The Bertz CT molecular complexity index is 1330. The van der Waals surface area contributed by atoms with Gasteiger partial charge in [-0.2, -0.15) is 13.2 Å². The highest BCUT2D eigenvalue weighted by Gasteiger charge is 2.30. The zero-order valence-electron chi connectivity index (χ0n) is 20.6. The van der Waals surface area contributed by atoms with Crippen molar-refractivity contribution in [2.24, 2.45) is 0 Å². The van der Waals surface area contributed by atoms with Crippen molar-refractivity contribution in [2.45, 2.75) is 37.1 Å². The highest BCUT2D eigenvalue weighted by molar-refractivity contribution is 7.90. The van der Waals surface area contributed by atoms with E-state index in [0.717, 1.165) is 36.1 Å². The number of ether oxygens (including phenoxy) is 1. The van der Waals surface area contributed by atoms with Crippen molar-refractivity contribution in [3.05, 3.63) is 94.6 Å². The summed E-state index contributed by atoms with van der Waals surface area (Å²) >= 11 is 0. The van der Waals surface area contributed by atoms with E-state index in [9.17, 15) is 35.5 Å². The summed E-state index contributed by atoms with van der Waals surface area (Å²) in [5, 5.41) is 9.33. The zero-order chi connectivity index (χ0) is 27.9. The van der Waals surface area contributed by atoms with Gasteiger partial charge in [-0.25, -0.2) is 17.2 Å². The molecule has 0 heterocycles. The van der Waals surface area contributed by atoms with Crippen molar-refractivity contribution < 1.29 is 40.2 Å². The molecule has 0 saturated heterocycles. The molecule has 0 unspecified atom stereocenters. The minimum Gasteiger partial charge on any atom is -0.493 e. The molecule has 0 aliphatic carbocycles. The Morgan fingerprint density at radius 1 is 0.947 bits per heavy atom. The van der Waals surface area contributed by atoms with Gasteiger partial charge in [-0.1, -0.05) is 30.3 Å². The Hall–Kier alpha value is -3.02. The van der Waals surface area contributed by atoms with Crippen LogP contribution in [0.1, 0.15) is 28.7 Å². The lowest BCUT2D eigenvalue weighted by Gasteiger charge is -2.23. The summed E-state index contributed by atoms with van der Waals surface area (Å²) in [4.78, 5) is 1.57. The van der Waals surface area contributed by atoms with Crippen LogP contribution in [0.5, 0.6) is 5.75 Å². The Labute approximate surface area is 218 Å². The van der Waals surface area contributed by atoms with Crippen molar-refractivity contribution in [1.29, 1.82) is 0 Å². The monoisotopic (exact) mass is 557 g/mol. The van der Waals surface area contributed by atoms with Gasteiger partial charge in [-0.3, -0.25) is 4.90 Å². The maximum absolute atomic E-state index is 14.3. The second-order valence-corrected chi connectivity index (χ2v) is 10.8. The summed E-state index contributed by atoms with van der Waals surface area (Å²) in [5.74, 6) is -1.29. The number of sulfone groups is 1. The number of hydrogen-bond donors (Lipinski definition) is 1. The van der Waals surface area contributed by atoms with E-state index < -0.39 is 34.0 Å². The molecule has 206 valence electrons. The first-order valence-corrected chi connectivity index (χ1v) is 13.6. The molecule has 0 atom stereocenters. The Kier molecular flexibility index (Phi) is 9.86. The molecule has 3 rings (SSSR count). The third kappa shape index (κ3) is 8.50. The van der Waals surface area contributed by atoms with Gasteiger partial charge >= 0.3 is 6.18 Å². The van der Waals surface area contributed by atoms with Crippen LogP contribution in [-0.4, -0.2) is 44.4 Å². The second-order valence-electron chi connectivity index (χ2n) is 8.86. The van der Waals surface area contributed by atoms with E-state index in [4.69, 9.17) is 4.74 Å². The number of aliphatic hydroxyl groups is 1. The lowest BCUT2D eigenvalue weighted by molar-refractivity contribution is -0.137. The molecule has 38 heavy (non-hydrogen) atoms. The van der Waals surface area contributed by atoms with Crippen LogP contribution in [0.2, 0.25) is 0 Å². The SMILES string of the molecule is CS(=O)(=O)c1cc(OCCCN(CCc2ccc(F)cc2)Cc2cccc(C(F)(F)F)c2)cc(F)c1CO. The van der Waals surface area contributed by atoms with Crippen LogP contribution in [0, 0.1) is 11.6 Å². The van der Waals surface area contributed by atoms with E-state index in [1.54, 1.807) is 18.2 Å². The summed E-state index contributed by atoms with van der Waals surface area (Å²) in [7, 11) is -3.81. The molecule has 5 nitrogen and oxygen atoms in total. The first kappa shape index (κ1) is 29.5. The number of hydrogen-bond acceptors (Lipinski definition) is 5. The molecule has 0 aliphatic heterocycles. The van der Waals surface area contributed by atoms with Crippen LogP contribution in [0.15, 0.2) is 65.6 Å². The van der Waals surface area contributed by atoms with Gasteiger partial charge in [0.05, 0.1) is 23.7 Å². The van der Waals surface area contributed by atoms with Crippen LogP contribution in [0.3, 0.4) is 0 Å². The van der Waals surface area contributed by atoms with Crippen molar-refractivity contribution >= 4 is 9.84 Å². The highest BCUT2D eigenvalue weighted by atomic mass is 32.2. The molecule has 0 spiro atoms. The van der Waals surface area contributed by atoms with Gasteiger partial charge in [0.2, 0.25) is 0 Å². The molecule has 0 radical (unpaired) electrons. The van der Waals surface area contributed by atoms with E-state index >= 15 is 0 Å². The number of aliphatic hydroxyl groups excluding tert-OH is 1. The quantitative estimate of drug-likeness (QED) is 0.239. The van der Waals surface area contributed by atoms with Crippen LogP contribution in [-0.2, 0) is 35.6 Å². The van der Waals surface area contributed by atoms with Gasteiger partial charge in [0.1, 0.15) is 17.4 Å². The molecular formula is C27H28F5NO4S. The number of nitrogens with zero attached hydrogens (tertiary/aromatic N) is 1. The lowest BCUT2D eigenvalue weighted by Crippen LogP contribution is -2.28. The first-order chi connectivity index (χ1) is 17.9. The van der Waals surface area contributed by atoms with Gasteiger partial charge < -0.3 is 9.84 Å². The van der Waals surface area contributed by atoms with Gasteiger partial charge in [-0.15, -0.1) is 0 Å². The molecule has 0 saturated carbocycles. The highest BCUT2D eigenvalue weighted by Crippen LogP contribution is 2.30. The first-order valence-electron chi connectivity index (χ1n) is 11.8. The van der Waals surface area contributed by atoms with E-state index in [-0.39, 0.29) is 35.2 Å². The van der Waals surface area contributed by atoms with Gasteiger partial charge in [0.25, 0.3) is 0 Å². The van der Waals surface area contributed by atoms with Crippen LogP contribution in [0.25, 0.3) is 0 Å². The fourth-order valence-corrected chi connectivity index (χ4v) is 4.89. The molecular weight excluding hydrogens is 529 g/mol. The van der Waals surface area contributed by atoms with Gasteiger partial charge in [0.15, 0.2) is 9.84 Å². The predicted molar refractivity (Wildman–Crippen MR) is 132 cm³/mol. The number of alkyl halides is 3. The van der Waals surface area contributed by atoms with Crippen molar-refractivity contribution in [1.82, 2.24) is 4.90 Å². The van der Waals surface area contributed by atoms with Gasteiger partial charge in [0, 0.05) is 37.5 Å². The number of benzene rings is 3. The van der Waals surface area contributed by atoms with E-state index in [1.807, 2.05) is 4.90 Å². The van der Waals surface area contributed by atoms with Crippen LogP contribution >= 0.6 is 0 Å². The number of halogens is 5. The van der Waals surface area contributed by atoms with Crippen LogP contribution in [0.4, 0.5) is 22.0 Å². The zero-order valence-corrected chi connectivity index (χ0v) is 21.5. The topological polar surface area (TPSA) is 66.8 Å². The smallest absolute Gasteiger partial charge is 0.416 e. The molecule has 0 aromatic heterocycles. The normalized spacial score (nSPS) is 12.2. The molecule has 3 aromatic rings. The molecule has 11 heteroatoms. The Balaban J connectivity index is 1.68. The third-order valence-corrected chi connectivity index (χ3v) is 7.03. The molecule has 1 N–H and O–H groups in total. The van der Waals surface area contributed by atoms with Crippen molar-refractivity contribution in [3.8, 4) is 5.75 Å². The summed E-state index contributed by atoms with van der Waals surface area (Å²) in [6.45, 7) is 0.403. The van der Waals surface area contributed by atoms with Crippen molar-refractivity contribution in [2.75, 3.05) is 26.0 Å². The minimum atomic E-state index is -4.46. The fourth-order valence-electron chi connectivity index (χ4n) is 3.95. The summed E-state index contributed by atoms with van der Waals surface area (Å²) in [5.41, 5.74) is 0.253. The van der Waals surface area contributed by atoms with Crippen molar-refractivity contribution in [3.63, 3.8) is 0 Å². The molecule has 0 fully saturated rings. The average molecular weight is 558 g/mol. The molecule has 0 amide bonds. The van der Waals surface area contributed by atoms with Crippen LogP contribution < -0.4 is 4.74 Å². The Morgan fingerprint density at radius 2 is 1.66 bits per heavy atom. The third-order valence-electron chi connectivity index (χ3n) is 5.86. The predicted octanol–water partition coefficient (Wildman–Crippen LogP) is 5.39. The standard InChI is InChI=1S/C27H28F5NO4S/c1-38(35,36)26-16-23(15-25(29)24(26)18-34)37-13-3-11-33(12-10-19-6-8-22(28)9-7-19)17-20-4-2-5-21(14-20)27(30,31)32/h2,4-9,14-16,34H,3,10-13,17-18H2,1H3. The maximum atomic E-state index is 14.3. The maximum Gasteiger partial charge on any atom is 0.416 e. The largest absolute Gasteiger partial charge is 0.493 e. The van der Waals surface area contributed by atoms with E-state index in [2.05, 4.69) is 0 Å². The number of rotatable bonds is 12. The fraction of sp³-hybridized carbons (Fsp3) is 0.333. The van der Waals surface area contributed by atoms with E-state index in [0.29, 0.717) is 31.5 Å². The molecule has 3 aromatic carbocycles. The summed E-state index contributed by atoms with van der Waals surface area (Å²) in [6, 6.07) is 13.2. The second kappa shape index (κ2) is 12.7. The summed E-state index contributed by atoms with van der Waals surface area (Å²) in [6.07, 6.45) is -2.63. The molecule has 0 bridgehead atoms. The molecule has 0 aliphatic rings. The van der Waals surface area contributed by atoms with E-state index in [1.165, 1.54) is 18.2 Å². The minimum absolute atomic E-state index is 0.0177. The Morgan fingerprint density at radius 3 is 2.29 bits per heavy atom. The lowest BCUT2D eigenvalue weighted by atomic mass is 10.1. The average Bonchev–Trinajstić information content (AvgIpc) is 2.84. The van der Waals surface area contributed by atoms with Gasteiger partial charge in [-0.05, 0) is 48.2 Å².